The molecule has 1 heterocycles. The Morgan fingerprint density at radius 2 is 1.89 bits per heavy atom. The third kappa shape index (κ3) is 4.05. The molecule has 19 heavy (non-hydrogen) atoms. The summed E-state index contributed by atoms with van der Waals surface area (Å²) in [6.07, 6.45) is 0. The van der Waals surface area contributed by atoms with Crippen molar-refractivity contribution < 1.29 is 0 Å². The highest BCUT2D eigenvalue weighted by Crippen LogP contribution is 2.24. The van der Waals surface area contributed by atoms with Crippen molar-refractivity contribution in [2.24, 2.45) is 0 Å². The number of benzene rings is 1. The van der Waals surface area contributed by atoms with Gasteiger partial charge in [0.15, 0.2) is 0 Å². The third-order valence-electron chi connectivity index (χ3n) is 2.12. The van der Waals surface area contributed by atoms with Gasteiger partial charge in [-0.15, -0.1) is 0 Å². The van der Waals surface area contributed by atoms with Crippen molar-refractivity contribution in [3.05, 3.63) is 32.1 Å². The van der Waals surface area contributed by atoms with Crippen molar-refractivity contribution in [1.29, 1.82) is 0 Å². The van der Waals surface area contributed by atoms with Crippen LogP contribution in [0, 0.1) is 3.57 Å². The molecule has 0 aliphatic rings. The van der Waals surface area contributed by atoms with Gasteiger partial charge in [0.25, 0.3) is 0 Å². The third-order valence-corrected chi connectivity index (χ3v) is 3.42. The van der Waals surface area contributed by atoms with Crippen LogP contribution in [0.5, 0.6) is 0 Å². The molecule has 5 nitrogen and oxygen atoms in total. The summed E-state index contributed by atoms with van der Waals surface area (Å²) in [4.78, 5) is 12.2. The number of nitrogens with zero attached hydrogens (tertiary/aromatic N) is 3. The summed E-state index contributed by atoms with van der Waals surface area (Å²) >= 11 is 13.9. The first kappa shape index (κ1) is 14.5. The summed E-state index contributed by atoms with van der Waals surface area (Å²) in [7, 11) is 0. The highest BCUT2D eigenvalue weighted by atomic mass is 127. The van der Waals surface area contributed by atoms with Gasteiger partial charge in [0.05, 0.1) is 5.69 Å². The van der Waals surface area contributed by atoms with Crippen LogP contribution in [0.1, 0.15) is 6.92 Å². The Morgan fingerprint density at radius 1 is 1.16 bits per heavy atom. The lowest BCUT2D eigenvalue weighted by Crippen LogP contribution is -2.06. The van der Waals surface area contributed by atoms with Crippen LogP contribution in [0.4, 0.5) is 17.6 Å². The predicted molar refractivity (Wildman–Crippen MR) is 86.5 cm³/mol. The maximum absolute atomic E-state index is 5.91. The lowest BCUT2D eigenvalue weighted by molar-refractivity contribution is 1.02. The minimum atomic E-state index is 0.137. The van der Waals surface area contributed by atoms with E-state index in [0.29, 0.717) is 23.5 Å². The fourth-order valence-electron chi connectivity index (χ4n) is 1.35. The quantitative estimate of drug-likeness (QED) is 0.748. The van der Waals surface area contributed by atoms with Crippen LogP contribution in [-0.4, -0.2) is 21.5 Å². The molecule has 0 aliphatic carbocycles. The molecule has 0 bridgehead atoms. The molecule has 0 saturated carbocycles. The minimum Gasteiger partial charge on any atom is -0.354 e. The van der Waals surface area contributed by atoms with Crippen LogP contribution in [0.25, 0.3) is 0 Å². The van der Waals surface area contributed by atoms with Gasteiger partial charge in [-0.25, -0.2) is 0 Å². The molecule has 0 saturated heterocycles. The maximum Gasteiger partial charge on any atom is 0.233 e. The van der Waals surface area contributed by atoms with Gasteiger partial charge < -0.3 is 10.6 Å². The zero-order valence-corrected chi connectivity index (χ0v) is 13.6. The summed E-state index contributed by atoms with van der Waals surface area (Å²) in [6.45, 7) is 2.66. The monoisotopic (exact) mass is 409 g/mol. The van der Waals surface area contributed by atoms with Crippen LogP contribution < -0.4 is 10.6 Å². The number of rotatable bonds is 4. The Hall–Kier alpha value is -0.860. The first-order valence-corrected chi connectivity index (χ1v) is 7.29. The molecular weight excluding hydrogens is 400 g/mol. The van der Waals surface area contributed by atoms with Crippen molar-refractivity contribution in [2.75, 3.05) is 17.2 Å². The highest BCUT2D eigenvalue weighted by Gasteiger charge is 2.07. The van der Waals surface area contributed by atoms with E-state index in [-0.39, 0.29) is 5.28 Å². The lowest BCUT2D eigenvalue weighted by Gasteiger charge is -2.09. The van der Waals surface area contributed by atoms with Gasteiger partial charge >= 0.3 is 0 Å². The molecular formula is C11H10Cl2IN5. The minimum absolute atomic E-state index is 0.137. The van der Waals surface area contributed by atoms with Crippen molar-refractivity contribution in [3.63, 3.8) is 0 Å². The number of hydrogen-bond acceptors (Lipinski definition) is 5. The van der Waals surface area contributed by atoms with E-state index in [4.69, 9.17) is 23.2 Å². The highest BCUT2D eigenvalue weighted by molar-refractivity contribution is 14.1. The zero-order valence-electron chi connectivity index (χ0n) is 9.91. The van der Waals surface area contributed by atoms with Crippen molar-refractivity contribution in [3.8, 4) is 0 Å². The Bertz CT molecular complexity index is 593. The second-order valence-electron chi connectivity index (χ2n) is 3.53. The normalized spacial score (nSPS) is 10.3. The second kappa shape index (κ2) is 6.53. The molecule has 0 unspecified atom stereocenters. The van der Waals surface area contributed by atoms with Crippen LogP contribution in [0.3, 0.4) is 0 Å². The van der Waals surface area contributed by atoms with Gasteiger partial charge in [-0.05, 0) is 59.3 Å². The fourth-order valence-corrected chi connectivity index (χ4v) is 2.52. The van der Waals surface area contributed by atoms with E-state index in [1.165, 1.54) is 0 Å². The number of anilines is 3. The fraction of sp³-hybridized carbons (Fsp3) is 0.182. The standard InChI is InChI=1S/C11H10Cl2IN5/c1-2-15-10-17-9(13)18-11(19-10)16-8-4-3-6(12)5-7(8)14/h3-5H,2H2,1H3,(H2,15,16,17,18,19). The second-order valence-corrected chi connectivity index (χ2v) is 5.47. The number of hydrogen-bond donors (Lipinski definition) is 2. The molecule has 1 aromatic carbocycles. The maximum atomic E-state index is 5.91. The molecule has 1 aromatic heterocycles. The molecule has 0 aliphatic heterocycles. The summed E-state index contributed by atoms with van der Waals surface area (Å²) in [5.74, 6) is 0.824. The van der Waals surface area contributed by atoms with Crippen molar-refractivity contribution in [1.82, 2.24) is 15.0 Å². The van der Waals surface area contributed by atoms with Crippen LogP contribution in [0.2, 0.25) is 10.3 Å². The van der Waals surface area contributed by atoms with Gasteiger partial charge in [0, 0.05) is 15.1 Å². The van der Waals surface area contributed by atoms with E-state index in [1.807, 2.05) is 19.1 Å². The van der Waals surface area contributed by atoms with Crippen LogP contribution >= 0.6 is 45.8 Å². The molecule has 100 valence electrons. The lowest BCUT2D eigenvalue weighted by atomic mass is 10.3. The Kier molecular flexibility index (Phi) is 5.00. The molecule has 0 spiro atoms. The molecule has 0 fully saturated rings. The first-order chi connectivity index (χ1) is 9.08. The number of nitrogens with one attached hydrogen (secondary N) is 2. The zero-order chi connectivity index (χ0) is 13.8. The van der Waals surface area contributed by atoms with Gasteiger partial charge in [0.2, 0.25) is 17.2 Å². The Morgan fingerprint density at radius 3 is 2.58 bits per heavy atom. The van der Waals surface area contributed by atoms with Crippen molar-refractivity contribution in [2.45, 2.75) is 6.92 Å². The molecule has 0 radical (unpaired) electrons. The number of aromatic nitrogens is 3. The van der Waals surface area contributed by atoms with E-state index in [2.05, 4.69) is 48.2 Å². The molecule has 8 heteroatoms. The largest absolute Gasteiger partial charge is 0.354 e. The van der Waals surface area contributed by atoms with E-state index in [0.717, 1.165) is 9.26 Å². The summed E-state index contributed by atoms with van der Waals surface area (Å²) in [5.41, 5.74) is 0.856. The van der Waals surface area contributed by atoms with Crippen LogP contribution in [0.15, 0.2) is 18.2 Å². The van der Waals surface area contributed by atoms with E-state index in [9.17, 15) is 0 Å². The average molecular weight is 410 g/mol. The Balaban J connectivity index is 2.27. The topological polar surface area (TPSA) is 62.7 Å². The molecule has 0 amide bonds. The Labute approximate surface area is 134 Å². The molecule has 0 atom stereocenters. The van der Waals surface area contributed by atoms with Gasteiger partial charge in [-0.3, -0.25) is 0 Å². The van der Waals surface area contributed by atoms with E-state index < -0.39 is 0 Å². The SMILES string of the molecule is CCNc1nc(Cl)nc(Nc2ccc(Cl)cc2I)n1. The first-order valence-electron chi connectivity index (χ1n) is 5.46. The number of halogens is 3. The van der Waals surface area contributed by atoms with E-state index in [1.54, 1.807) is 6.07 Å². The molecule has 2 aromatic rings. The summed E-state index contributed by atoms with van der Waals surface area (Å²) in [5, 5.41) is 6.89. The van der Waals surface area contributed by atoms with Gasteiger partial charge in [-0.1, -0.05) is 11.6 Å². The smallest absolute Gasteiger partial charge is 0.233 e. The predicted octanol–water partition coefficient (Wildman–Crippen LogP) is 3.96. The van der Waals surface area contributed by atoms with Crippen molar-refractivity contribution >= 4 is 63.4 Å². The van der Waals surface area contributed by atoms with Crippen LogP contribution in [-0.2, 0) is 0 Å². The summed E-state index contributed by atoms with van der Waals surface area (Å²) in [6, 6.07) is 5.49. The van der Waals surface area contributed by atoms with E-state index >= 15 is 0 Å². The van der Waals surface area contributed by atoms with Gasteiger partial charge in [-0.2, -0.15) is 15.0 Å². The average Bonchev–Trinajstić information content (AvgIpc) is 2.32. The van der Waals surface area contributed by atoms with Gasteiger partial charge in [0.1, 0.15) is 0 Å². The molecule has 2 N–H and O–H groups in total. The summed E-state index contributed by atoms with van der Waals surface area (Å²) < 4.78 is 0.964. The molecule has 2 rings (SSSR count).